The van der Waals surface area contributed by atoms with E-state index in [4.69, 9.17) is 4.74 Å². The molecule has 0 aromatic rings. The second-order valence-corrected chi connectivity index (χ2v) is 16.3. The number of aliphatic hydroxyl groups is 2. The third-order valence-electron chi connectivity index (χ3n) is 10.6. The number of nitrogens with one attached hydrogen (secondary N) is 1. The van der Waals surface area contributed by atoms with Crippen LogP contribution < -0.4 is 5.32 Å². The van der Waals surface area contributed by atoms with E-state index < -0.39 is 18.2 Å². The molecule has 3 atom stereocenters. The first kappa shape index (κ1) is 56.0. The fraction of sp³-hybridized carbons (Fsp3) is 0.698. The number of ether oxygens (including phenoxy) is 1. The summed E-state index contributed by atoms with van der Waals surface area (Å²) in [6.45, 7) is 6.17. The second-order valence-electron chi connectivity index (χ2n) is 16.3. The minimum Gasteiger partial charge on any atom is -0.462 e. The molecule has 0 heterocycles. The molecule has 3 N–H and O–H groups in total. The molecule has 0 fully saturated rings. The number of hydrogen-bond acceptors (Lipinski definition) is 5. The van der Waals surface area contributed by atoms with E-state index in [0.717, 1.165) is 83.5 Å². The Balaban J connectivity index is 4.61. The zero-order valence-corrected chi connectivity index (χ0v) is 38.4. The van der Waals surface area contributed by atoms with Gasteiger partial charge in [-0.1, -0.05) is 228 Å². The van der Waals surface area contributed by atoms with Crippen LogP contribution in [-0.4, -0.2) is 46.9 Å². The highest BCUT2D eigenvalue weighted by Crippen LogP contribution is 2.17. The van der Waals surface area contributed by atoms with Crippen LogP contribution in [0, 0.1) is 0 Å². The number of aliphatic hydroxyl groups excluding tert-OH is 2. The molecule has 3 unspecified atom stereocenters. The predicted molar refractivity (Wildman–Crippen MR) is 254 cm³/mol. The average molecular weight is 822 g/mol. The Bertz CT molecular complexity index is 1150. The van der Waals surface area contributed by atoms with Crippen LogP contribution in [0.3, 0.4) is 0 Å². The quantitative estimate of drug-likeness (QED) is 0.0324. The van der Waals surface area contributed by atoms with Gasteiger partial charge in [-0.2, -0.15) is 0 Å². The molecule has 0 aliphatic carbocycles. The highest BCUT2D eigenvalue weighted by Gasteiger charge is 2.24. The van der Waals surface area contributed by atoms with Gasteiger partial charge >= 0.3 is 5.97 Å². The maximum Gasteiger partial charge on any atom is 0.306 e. The number of rotatable bonds is 42. The van der Waals surface area contributed by atoms with E-state index in [0.29, 0.717) is 19.3 Å². The summed E-state index contributed by atoms with van der Waals surface area (Å²) in [6.07, 6.45) is 59.4. The zero-order valence-electron chi connectivity index (χ0n) is 38.4. The first-order chi connectivity index (χ1) is 29.0. The van der Waals surface area contributed by atoms with Crippen molar-refractivity contribution in [1.29, 1.82) is 0 Å². The predicted octanol–water partition coefficient (Wildman–Crippen LogP) is 14.4. The van der Waals surface area contributed by atoms with Gasteiger partial charge in [0.25, 0.3) is 0 Å². The molecule has 6 nitrogen and oxygen atoms in total. The first-order valence-electron chi connectivity index (χ1n) is 24.4. The number of carbonyl (C=O) groups excluding carboxylic acids is 2. The molecular weight excluding hydrogens is 731 g/mol. The van der Waals surface area contributed by atoms with Crippen molar-refractivity contribution in [3.63, 3.8) is 0 Å². The smallest absolute Gasteiger partial charge is 0.306 e. The van der Waals surface area contributed by atoms with Crippen molar-refractivity contribution in [3.8, 4) is 0 Å². The van der Waals surface area contributed by atoms with Crippen LogP contribution >= 0.6 is 0 Å². The molecule has 338 valence electrons. The first-order valence-corrected chi connectivity index (χ1v) is 24.4. The van der Waals surface area contributed by atoms with E-state index in [-0.39, 0.29) is 24.9 Å². The van der Waals surface area contributed by atoms with Crippen molar-refractivity contribution in [1.82, 2.24) is 5.32 Å². The van der Waals surface area contributed by atoms with Crippen molar-refractivity contribution in [2.24, 2.45) is 0 Å². The highest BCUT2D eigenvalue weighted by molar-refractivity contribution is 5.77. The largest absolute Gasteiger partial charge is 0.462 e. The monoisotopic (exact) mass is 822 g/mol. The van der Waals surface area contributed by atoms with Gasteiger partial charge in [-0.05, 0) is 57.8 Å². The summed E-state index contributed by atoms with van der Waals surface area (Å²) < 4.78 is 5.86. The van der Waals surface area contributed by atoms with Crippen LogP contribution in [0.15, 0.2) is 85.1 Å². The van der Waals surface area contributed by atoms with Gasteiger partial charge in [0, 0.05) is 6.42 Å². The van der Waals surface area contributed by atoms with E-state index in [1.54, 1.807) is 0 Å². The third kappa shape index (κ3) is 41.6. The molecule has 0 aliphatic rings. The van der Waals surface area contributed by atoms with Crippen LogP contribution in [0.5, 0.6) is 0 Å². The Morgan fingerprint density at radius 2 is 0.932 bits per heavy atom. The fourth-order valence-corrected chi connectivity index (χ4v) is 6.98. The molecule has 0 saturated heterocycles. The van der Waals surface area contributed by atoms with Crippen LogP contribution in [0.4, 0.5) is 0 Å². The van der Waals surface area contributed by atoms with E-state index in [2.05, 4.69) is 74.7 Å². The molecule has 0 aromatic heterocycles. The zero-order chi connectivity index (χ0) is 43.1. The summed E-state index contributed by atoms with van der Waals surface area (Å²) in [4.78, 5) is 26.0. The summed E-state index contributed by atoms with van der Waals surface area (Å²) >= 11 is 0. The molecule has 6 heteroatoms. The van der Waals surface area contributed by atoms with E-state index in [9.17, 15) is 19.8 Å². The van der Waals surface area contributed by atoms with Gasteiger partial charge in [0.1, 0.15) is 6.10 Å². The van der Waals surface area contributed by atoms with Crippen molar-refractivity contribution >= 4 is 11.9 Å². The van der Waals surface area contributed by atoms with E-state index >= 15 is 0 Å². The summed E-state index contributed by atoms with van der Waals surface area (Å²) in [5.41, 5.74) is 0. The van der Waals surface area contributed by atoms with Gasteiger partial charge in [-0.3, -0.25) is 9.59 Å². The molecule has 1 amide bonds. The Labute approximate surface area is 363 Å². The molecule has 0 bridgehead atoms. The Kier molecular flexibility index (Phi) is 43.8. The summed E-state index contributed by atoms with van der Waals surface area (Å²) in [5, 5.41) is 23.7. The second kappa shape index (κ2) is 46.1. The molecular formula is C53H91NO5. The number of unbranched alkanes of at least 4 members (excludes halogenated alkanes) is 21. The lowest BCUT2D eigenvalue weighted by Crippen LogP contribution is -2.46. The minimum atomic E-state index is -0.812. The standard InChI is InChI=1S/C53H91NO5/c1-4-7-10-13-16-19-22-24-25-26-28-30-33-36-39-42-45-51(56)50(48-55)54-52(57)47-49(44-41-38-35-32-29-21-18-15-12-9-6-3)59-53(58)46-43-40-37-34-31-27-23-20-17-14-11-8-5-2/h8-9,11-12,14-15,17-18,20-21,23,29,32,35,49-51,55-56H,4-7,10,13,16,19,22,24-28,30-31,33-34,36-48H2,1-3H3,(H,54,57)/b11-8+,12-9+,17-14+,18-15+,23-20-,29-21-,35-32-. The Hall–Kier alpha value is -2.96. The van der Waals surface area contributed by atoms with Crippen molar-refractivity contribution in [2.75, 3.05) is 6.61 Å². The SMILES string of the molecule is CC/C=C/C=C/C=C\C=C/CCCC(CC(=O)NC(CO)C(O)CCCCCCCCCCCCCCCCCC)OC(=O)CCCCCCC\C=C/C=C/C=C/CC. The normalized spacial score (nSPS) is 14.1. The lowest BCUT2D eigenvalue weighted by molar-refractivity contribution is -0.151. The molecule has 0 rings (SSSR count). The number of carbonyl (C=O) groups is 2. The molecule has 0 aromatic carbocycles. The molecule has 0 aliphatic heterocycles. The average Bonchev–Trinajstić information content (AvgIpc) is 3.23. The lowest BCUT2D eigenvalue weighted by Gasteiger charge is -2.24. The fourth-order valence-electron chi connectivity index (χ4n) is 6.98. The van der Waals surface area contributed by atoms with Gasteiger partial charge in [-0.15, -0.1) is 0 Å². The van der Waals surface area contributed by atoms with Crippen molar-refractivity contribution in [3.05, 3.63) is 85.1 Å². The van der Waals surface area contributed by atoms with Crippen LogP contribution in [0.25, 0.3) is 0 Å². The minimum absolute atomic E-state index is 0.0191. The van der Waals surface area contributed by atoms with Crippen molar-refractivity contribution in [2.45, 2.75) is 232 Å². The maximum absolute atomic E-state index is 13.1. The van der Waals surface area contributed by atoms with Crippen LogP contribution in [0.1, 0.15) is 213 Å². The lowest BCUT2D eigenvalue weighted by atomic mass is 10.0. The molecule has 0 radical (unpaired) electrons. The van der Waals surface area contributed by atoms with Crippen LogP contribution in [0.2, 0.25) is 0 Å². The third-order valence-corrected chi connectivity index (χ3v) is 10.6. The molecule has 0 saturated carbocycles. The number of amides is 1. The van der Waals surface area contributed by atoms with Gasteiger partial charge < -0.3 is 20.3 Å². The molecule has 0 spiro atoms. The van der Waals surface area contributed by atoms with E-state index in [1.165, 1.54) is 83.5 Å². The van der Waals surface area contributed by atoms with Gasteiger partial charge in [0.15, 0.2) is 0 Å². The van der Waals surface area contributed by atoms with Crippen LogP contribution in [-0.2, 0) is 14.3 Å². The van der Waals surface area contributed by atoms with Gasteiger partial charge in [-0.25, -0.2) is 0 Å². The summed E-state index contributed by atoms with van der Waals surface area (Å²) in [7, 11) is 0. The van der Waals surface area contributed by atoms with Gasteiger partial charge in [0.05, 0.1) is 25.2 Å². The maximum atomic E-state index is 13.1. The van der Waals surface area contributed by atoms with Gasteiger partial charge in [0.2, 0.25) is 5.91 Å². The molecule has 59 heavy (non-hydrogen) atoms. The summed E-state index contributed by atoms with van der Waals surface area (Å²) in [5.74, 6) is -0.573. The topological polar surface area (TPSA) is 95.9 Å². The number of hydrogen-bond donors (Lipinski definition) is 3. The highest BCUT2D eigenvalue weighted by atomic mass is 16.5. The van der Waals surface area contributed by atoms with E-state index in [1.807, 2.05) is 36.5 Å². The summed E-state index contributed by atoms with van der Waals surface area (Å²) in [6, 6.07) is -0.730. The Morgan fingerprint density at radius 3 is 1.42 bits per heavy atom. The number of esters is 1. The van der Waals surface area contributed by atoms with Crippen molar-refractivity contribution < 1.29 is 24.5 Å². The number of allylic oxidation sites excluding steroid dienone is 14. The Morgan fingerprint density at radius 1 is 0.508 bits per heavy atom.